The number of aliphatic hydroxyl groups excluding tert-OH is 2. The van der Waals surface area contributed by atoms with Gasteiger partial charge in [-0.05, 0) is 101 Å². The number of rotatable bonds is 16. The standard InChI is InChI=1S/C63H113N11O13/c1-25-27-28-40(15)53(77)52-57(81)65-43(26-2)58(82)68(18)33-48(76)69(19)44(29-34(3)4)56(80)66-49(38(11)12)61(85)70(20)45(30-35(5)6)55(79)64-41(16)54(78)67-50(42(17)75)62(86)72(22)46(31-36(7)8)59(83)71(21)47(32-37(9)10)60(84)73(23)51(39(13)14)63(87)74(52)24/h25,27,34-47,49-53,75,77H,26,28-33H2,1-24H3,(H,64,79)(H,65,81)(H,66,80)(H,67,78)/b27-25+/t40?,41-,42-,43-,44-,45-,46-,47-,49-,50+,51-,52-,53+/m0/s1. The summed E-state index contributed by atoms with van der Waals surface area (Å²) in [6.45, 7) is 28.8. The number of hydrogen-bond donors (Lipinski definition) is 6. The van der Waals surface area contributed by atoms with E-state index in [2.05, 4.69) is 21.3 Å². The summed E-state index contributed by atoms with van der Waals surface area (Å²) in [5.74, 6) is -10.6. The molecule has 0 spiro atoms. The van der Waals surface area contributed by atoms with Gasteiger partial charge in [0, 0.05) is 49.3 Å². The van der Waals surface area contributed by atoms with Gasteiger partial charge >= 0.3 is 0 Å². The Labute approximate surface area is 520 Å². The third kappa shape index (κ3) is 22.1. The normalized spacial score (nSPS) is 26.9. The zero-order valence-electron chi connectivity index (χ0n) is 57.1. The molecule has 11 amide bonds. The third-order valence-corrected chi connectivity index (χ3v) is 16.4. The molecule has 6 N–H and O–H groups in total. The van der Waals surface area contributed by atoms with Gasteiger partial charge < -0.3 is 65.8 Å². The Kier molecular flexibility index (Phi) is 32.4. The highest BCUT2D eigenvalue weighted by molar-refractivity contribution is 5.99. The number of carbonyl (C=O) groups excluding carboxylic acids is 11. The predicted molar refractivity (Wildman–Crippen MR) is 334 cm³/mol. The van der Waals surface area contributed by atoms with Gasteiger partial charge in [-0.1, -0.05) is 109 Å². The molecule has 1 aliphatic rings. The Morgan fingerprint density at radius 1 is 0.460 bits per heavy atom. The van der Waals surface area contributed by atoms with Crippen molar-refractivity contribution in [2.45, 2.75) is 229 Å². The average Bonchev–Trinajstić information content (AvgIpc) is 1.14. The van der Waals surface area contributed by atoms with Gasteiger partial charge in [0.15, 0.2) is 0 Å². The molecular formula is C63H113N11O13. The van der Waals surface area contributed by atoms with E-state index in [1.54, 1.807) is 60.6 Å². The van der Waals surface area contributed by atoms with Gasteiger partial charge in [-0.2, -0.15) is 0 Å². The van der Waals surface area contributed by atoms with Crippen LogP contribution in [0.5, 0.6) is 0 Å². The summed E-state index contributed by atoms with van der Waals surface area (Å²) in [5.41, 5.74) is 0. The molecule has 1 saturated heterocycles. The van der Waals surface area contributed by atoms with Crippen molar-refractivity contribution in [3.05, 3.63) is 12.2 Å². The largest absolute Gasteiger partial charge is 0.391 e. The zero-order valence-corrected chi connectivity index (χ0v) is 57.1. The van der Waals surface area contributed by atoms with Crippen LogP contribution in [0.2, 0.25) is 0 Å². The molecule has 0 radical (unpaired) electrons. The SMILES string of the molecule is C/C=C/CC(C)[C@@H](O)[C@H]1C(=O)N[C@@H](CC)C(=O)N(C)CC(=O)N(C)[C@@H](CC(C)C)C(=O)N[C@@H](C(C)C)C(=O)N(C)[C@@H](CC(C)C)C(=O)N[C@@H](C)C(=O)N[C@H]([C@H](C)O)C(=O)N(C)[C@@H](CC(C)C)C(=O)N(C)[C@@H](CC(C)C)C(=O)N(C)[C@@H](C(C)C)C(=O)N1C. The van der Waals surface area contributed by atoms with Crippen LogP contribution in [-0.4, -0.2) is 238 Å². The fraction of sp³-hybridized carbons (Fsp3) is 0.794. The average molecular weight is 1230 g/mol. The van der Waals surface area contributed by atoms with Crippen molar-refractivity contribution in [3.63, 3.8) is 0 Å². The highest BCUT2D eigenvalue weighted by Gasteiger charge is 2.46. The number of hydrogen-bond acceptors (Lipinski definition) is 13. The molecule has 498 valence electrons. The molecule has 0 aromatic rings. The van der Waals surface area contributed by atoms with Crippen LogP contribution in [0.15, 0.2) is 12.2 Å². The summed E-state index contributed by atoms with van der Waals surface area (Å²) in [4.78, 5) is 169. The van der Waals surface area contributed by atoms with Crippen LogP contribution < -0.4 is 21.3 Å². The maximum absolute atomic E-state index is 15.2. The van der Waals surface area contributed by atoms with Gasteiger partial charge in [-0.3, -0.25) is 52.7 Å². The molecule has 24 nitrogen and oxygen atoms in total. The van der Waals surface area contributed by atoms with Gasteiger partial charge in [0.2, 0.25) is 65.0 Å². The monoisotopic (exact) mass is 1230 g/mol. The molecule has 0 saturated carbocycles. The fourth-order valence-corrected chi connectivity index (χ4v) is 10.9. The molecule has 0 aromatic carbocycles. The molecule has 1 aliphatic heterocycles. The van der Waals surface area contributed by atoms with Crippen LogP contribution in [0.25, 0.3) is 0 Å². The summed E-state index contributed by atoms with van der Waals surface area (Å²) < 4.78 is 0. The van der Waals surface area contributed by atoms with Crippen molar-refractivity contribution in [3.8, 4) is 0 Å². The molecule has 0 aromatic heterocycles. The molecule has 0 aliphatic carbocycles. The number of carbonyl (C=O) groups is 11. The van der Waals surface area contributed by atoms with E-state index in [9.17, 15) is 48.6 Å². The minimum Gasteiger partial charge on any atom is -0.391 e. The number of nitrogens with zero attached hydrogens (tertiary/aromatic N) is 7. The molecule has 0 bridgehead atoms. The topological polar surface area (TPSA) is 299 Å². The Morgan fingerprint density at radius 2 is 0.862 bits per heavy atom. The number of nitrogens with one attached hydrogen (secondary N) is 4. The highest BCUT2D eigenvalue weighted by Crippen LogP contribution is 2.26. The first-order valence-corrected chi connectivity index (χ1v) is 31.2. The van der Waals surface area contributed by atoms with Crippen molar-refractivity contribution >= 4 is 65.0 Å². The molecule has 1 rings (SSSR count). The van der Waals surface area contributed by atoms with E-state index >= 15 is 14.4 Å². The number of allylic oxidation sites excluding steroid dienone is 2. The van der Waals surface area contributed by atoms with Gasteiger partial charge in [0.25, 0.3) is 0 Å². The van der Waals surface area contributed by atoms with E-state index in [4.69, 9.17) is 0 Å². The number of aliphatic hydroxyl groups is 2. The molecule has 1 fully saturated rings. The first kappa shape index (κ1) is 78.8. The van der Waals surface area contributed by atoms with E-state index in [1.165, 1.54) is 82.8 Å². The molecular weight excluding hydrogens is 1120 g/mol. The molecule has 1 heterocycles. The van der Waals surface area contributed by atoms with Crippen LogP contribution in [0.3, 0.4) is 0 Å². The second kappa shape index (κ2) is 35.7. The maximum atomic E-state index is 15.2. The molecule has 87 heavy (non-hydrogen) atoms. The van der Waals surface area contributed by atoms with E-state index in [0.717, 1.165) is 14.7 Å². The van der Waals surface area contributed by atoms with Crippen molar-refractivity contribution in [1.29, 1.82) is 0 Å². The summed E-state index contributed by atoms with van der Waals surface area (Å²) in [7, 11) is 9.71. The van der Waals surface area contributed by atoms with Crippen LogP contribution in [0.1, 0.15) is 156 Å². The van der Waals surface area contributed by atoms with Crippen molar-refractivity contribution in [2.75, 3.05) is 55.9 Å². The summed E-state index contributed by atoms with van der Waals surface area (Å²) >= 11 is 0. The number of amides is 11. The van der Waals surface area contributed by atoms with E-state index in [1.807, 2.05) is 55.4 Å². The Bertz CT molecular complexity index is 2380. The van der Waals surface area contributed by atoms with E-state index in [0.29, 0.717) is 6.42 Å². The predicted octanol–water partition coefficient (Wildman–Crippen LogP) is 2.63. The fourth-order valence-electron chi connectivity index (χ4n) is 10.9. The lowest BCUT2D eigenvalue weighted by molar-refractivity contribution is -0.157. The van der Waals surface area contributed by atoms with Crippen LogP contribution in [0, 0.1) is 41.4 Å². The third-order valence-electron chi connectivity index (χ3n) is 16.4. The molecule has 1 unspecified atom stereocenters. The lowest BCUT2D eigenvalue weighted by Gasteiger charge is -2.41. The smallest absolute Gasteiger partial charge is 0.248 e. The number of likely N-dealkylation sites (N-methyl/N-ethyl adjacent to an activating group) is 7. The lowest BCUT2D eigenvalue weighted by Crippen LogP contribution is -2.64. The summed E-state index contributed by atoms with van der Waals surface area (Å²) in [6, 6.07) is -13.2. The zero-order chi connectivity index (χ0) is 67.6. The van der Waals surface area contributed by atoms with Crippen molar-refractivity contribution in [2.24, 2.45) is 41.4 Å². The Balaban J connectivity index is 4.40. The Morgan fingerprint density at radius 3 is 1.30 bits per heavy atom. The summed E-state index contributed by atoms with van der Waals surface area (Å²) in [6.07, 6.45) is 1.27. The van der Waals surface area contributed by atoms with Gasteiger partial charge in [0.05, 0.1) is 18.8 Å². The van der Waals surface area contributed by atoms with Crippen molar-refractivity contribution < 1.29 is 63.0 Å². The van der Waals surface area contributed by atoms with E-state index < -0.39 is 162 Å². The Hall–Kier alpha value is -6.17. The quantitative estimate of drug-likeness (QED) is 0.121. The van der Waals surface area contributed by atoms with Crippen LogP contribution >= 0.6 is 0 Å². The van der Waals surface area contributed by atoms with E-state index in [-0.39, 0.29) is 55.8 Å². The van der Waals surface area contributed by atoms with Gasteiger partial charge in [-0.25, -0.2) is 0 Å². The molecule has 24 heteroatoms. The minimum absolute atomic E-state index is 0.0111. The first-order chi connectivity index (χ1) is 40.1. The highest BCUT2D eigenvalue weighted by atomic mass is 16.3. The lowest BCUT2D eigenvalue weighted by atomic mass is 9.91. The first-order valence-electron chi connectivity index (χ1n) is 31.2. The van der Waals surface area contributed by atoms with Gasteiger partial charge in [-0.15, -0.1) is 0 Å². The van der Waals surface area contributed by atoms with Crippen LogP contribution in [-0.2, 0) is 52.7 Å². The van der Waals surface area contributed by atoms with Crippen LogP contribution in [0.4, 0.5) is 0 Å². The maximum Gasteiger partial charge on any atom is 0.248 e. The second-order valence-corrected chi connectivity index (χ2v) is 26.6. The second-order valence-electron chi connectivity index (χ2n) is 26.6. The summed E-state index contributed by atoms with van der Waals surface area (Å²) in [5, 5.41) is 34.0. The van der Waals surface area contributed by atoms with Crippen molar-refractivity contribution in [1.82, 2.24) is 55.6 Å². The molecule has 13 atom stereocenters. The van der Waals surface area contributed by atoms with Gasteiger partial charge in [0.1, 0.15) is 60.4 Å². The minimum atomic E-state index is -1.65.